The number of nitrogens with zero attached hydrogens (tertiary/aromatic N) is 2. The molecule has 0 saturated carbocycles. The van der Waals surface area contributed by atoms with Gasteiger partial charge in [-0.25, -0.2) is 0 Å². The van der Waals surface area contributed by atoms with Gasteiger partial charge in [0.15, 0.2) is 5.96 Å². The molecule has 0 radical (unpaired) electrons. The summed E-state index contributed by atoms with van der Waals surface area (Å²) in [5.74, 6) is 2.78. The van der Waals surface area contributed by atoms with Gasteiger partial charge in [-0.15, -0.1) is 0 Å². The van der Waals surface area contributed by atoms with Crippen LogP contribution in [0.2, 0.25) is 0 Å². The van der Waals surface area contributed by atoms with Crippen molar-refractivity contribution in [2.75, 3.05) is 46.5 Å². The Morgan fingerprint density at radius 3 is 2.74 bits per heavy atom. The summed E-state index contributed by atoms with van der Waals surface area (Å²) in [4.78, 5) is 7.21. The van der Waals surface area contributed by atoms with E-state index < -0.39 is 0 Å². The van der Waals surface area contributed by atoms with Gasteiger partial charge in [0, 0.05) is 39.2 Å². The minimum Gasteiger partial charge on any atom is -0.497 e. The molecule has 1 aromatic carbocycles. The van der Waals surface area contributed by atoms with E-state index in [1.165, 1.54) is 5.56 Å². The van der Waals surface area contributed by atoms with Crippen LogP contribution in [0.4, 0.5) is 0 Å². The van der Waals surface area contributed by atoms with Crippen molar-refractivity contribution in [1.82, 2.24) is 10.2 Å². The van der Waals surface area contributed by atoms with Crippen LogP contribution in [0.15, 0.2) is 52.1 Å². The molecular weight excluding hydrogens is 394 g/mol. The first-order chi connectivity index (χ1) is 15.3. The van der Waals surface area contributed by atoms with Crippen LogP contribution in [-0.2, 0) is 22.3 Å². The lowest BCUT2D eigenvalue weighted by molar-refractivity contribution is -0.0817. The highest BCUT2D eigenvalue weighted by Crippen LogP contribution is 2.21. The molecule has 4 rings (SSSR count). The lowest BCUT2D eigenvalue weighted by Gasteiger charge is -2.37. The molecule has 2 unspecified atom stereocenters. The van der Waals surface area contributed by atoms with Gasteiger partial charge in [0.2, 0.25) is 0 Å². The molecule has 2 aliphatic heterocycles. The van der Waals surface area contributed by atoms with E-state index in [2.05, 4.69) is 22.3 Å². The van der Waals surface area contributed by atoms with Gasteiger partial charge in [-0.05, 0) is 49.1 Å². The average Bonchev–Trinajstić information content (AvgIpc) is 3.53. The Balaban J connectivity index is 1.36. The highest BCUT2D eigenvalue weighted by molar-refractivity contribution is 5.80. The van der Waals surface area contributed by atoms with Crippen molar-refractivity contribution in [3.05, 3.63) is 54.0 Å². The number of furan rings is 1. The second kappa shape index (κ2) is 11.2. The molecule has 7 heteroatoms. The van der Waals surface area contributed by atoms with Crippen LogP contribution in [0, 0.1) is 0 Å². The van der Waals surface area contributed by atoms with Crippen LogP contribution in [0.1, 0.15) is 24.2 Å². The van der Waals surface area contributed by atoms with E-state index in [0.29, 0.717) is 13.2 Å². The maximum atomic E-state index is 6.02. The van der Waals surface area contributed by atoms with E-state index in [1.807, 2.05) is 24.3 Å². The van der Waals surface area contributed by atoms with E-state index in [1.54, 1.807) is 13.4 Å². The molecule has 0 bridgehead atoms. The monoisotopic (exact) mass is 427 g/mol. The number of aliphatic imine (C=N–C) groups is 1. The van der Waals surface area contributed by atoms with E-state index in [9.17, 15) is 0 Å². The zero-order valence-electron chi connectivity index (χ0n) is 18.3. The largest absolute Gasteiger partial charge is 0.497 e. The lowest BCUT2D eigenvalue weighted by atomic mass is 10.1. The Kier molecular flexibility index (Phi) is 7.85. The van der Waals surface area contributed by atoms with Crippen LogP contribution in [-0.4, -0.2) is 69.6 Å². The van der Waals surface area contributed by atoms with Crippen LogP contribution >= 0.6 is 0 Å². The standard InChI is InChI=1S/C24H33N3O4/c1-28-20-8-6-19(7-9-20)10-12-25-24(26-13-11-21-4-2-15-29-21)27-14-17-31-23(18-27)22-5-3-16-30-22/h2,4,6-9,15,22-23H,3,5,10-14,16-18H2,1H3,(H,25,26). The van der Waals surface area contributed by atoms with Crippen LogP contribution < -0.4 is 10.1 Å². The minimum absolute atomic E-state index is 0.106. The average molecular weight is 428 g/mol. The maximum absolute atomic E-state index is 6.02. The summed E-state index contributed by atoms with van der Waals surface area (Å²) in [7, 11) is 1.69. The fourth-order valence-electron chi connectivity index (χ4n) is 4.09. The molecule has 2 atom stereocenters. The summed E-state index contributed by atoms with van der Waals surface area (Å²) in [6.07, 6.45) is 5.92. The minimum atomic E-state index is 0.106. The Morgan fingerprint density at radius 2 is 2.00 bits per heavy atom. The second-order valence-corrected chi connectivity index (χ2v) is 7.97. The molecule has 2 aromatic rings. The Morgan fingerprint density at radius 1 is 1.13 bits per heavy atom. The molecule has 0 aliphatic carbocycles. The molecule has 1 aromatic heterocycles. The van der Waals surface area contributed by atoms with E-state index >= 15 is 0 Å². The summed E-state index contributed by atoms with van der Waals surface area (Å²) in [6.45, 7) is 4.67. The first-order valence-corrected chi connectivity index (χ1v) is 11.2. The summed E-state index contributed by atoms with van der Waals surface area (Å²) >= 11 is 0. The highest BCUT2D eigenvalue weighted by Gasteiger charge is 2.32. The molecule has 2 fully saturated rings. The molecule has 2 saturated heterocycles. The highest BCUT2D eigenvalue weighted by atomic mass is 16.5. The smallest absolute Gasteiger partial charge is 0.194 e. The van der Waals surface area contributed by atoms with Crippen LogP contribution in [0.25, 0.3) is 0 Å². The van der Waals surface area contributed by atoms with Gasteiger partial charge in [0.05, 0.1) is 26.1 Å². The number of rotatable bonds is 8. The third kappa shape index (κ3) is 6.24. The summed E-state index contributed by atoms with van der Waals surface area (Å²) in [5, 5.41) is 3.58. The number of hydrogen-bond acceptors (Lipinski definition) is 5. The van der Waals surface area contributed by atoms with E-state index in [-0.39, 0.29) is 12.2 Å². The summed E-state index contributed by atoms with van der Waals surface area (Å²) in [5.41, 5.74) is 1.27. The second-order valence-electron chi connectivity index (χ2n) is 7.97. The van der Waals surface area contributed by atoms with Crippen molar-refractivity contribution in [1.29, 1.82) is 0 Å². The normalized spacial score (nSPS) is 22.0. The molecule has 0 spiro atoms. The quantitative estimate of drug-likeness (QED) is 0.516. The predicted molar refractivity (Wildman–Crippen MR) is 120 cm³/mol. The van der Waals surface area contributed by atoms with Gasteiger partial charge in [0.1, 0.15) is 17.6 Å². The number of guanidine groups is 1. The summed E-state index contributed by atoms with van der Waals surface area (Å²) < 4.78 is 22.6. The fraction of sp³-hybridized carbons (Fsp3) is 0.542. The van der Waals surface area contributed by atoms with Crippen molar-refractivity contribution in [3.63, 3.8) is 0 Å². The van der Waals surface area contributed by atoms with Crippen molar-refractivity contribution >= 4 is 5.96 Å². The van der Waals surface area contributed by atoms with Gasteiger partial charge < -0.3 is 28.8 Å². The SMILES string of the molecule is COc1ccc(CCNC(=NCCc2ccco2)N2CCOC(C3CCCO3)C2)cc1. The third-order valence-corrected chi connectivity index (χ3v) is 5.83. The van der Waals surface area contributed by atoms with Gasteiger partial charge in [-0.3, -0.25) is 4.99 Å². The first-order valence-electron chi connectivity index (χ1n) is 11.2. The van der Waals surface area contributed by atoms with Gasteiger partial charge in [-0.1, -0.05) is 12.1 Å². The van der Waals surface area contributed by atoms with Gasteiger partial charge in [0.25, 0.3) is 0 Å². The predicted octanol–water partition coefficient (Wildman–Crippen LogP) is 2.90. The number of benzene rings is 1. The van der Waals surface area contributed by atoms with Crippen molar-refractivity contribution in [2.24, 2.45) is 4.99 Å². The van der Waals surface area contributed by atoms with Gasteiger partial charge >= 0.3 is 0 Å². The molecule has 3 heterocycles. The first kappa shape index (κ1) is 21.7. The van der Waals surface area contributed by atoms with Crippen molar-refractivity contribution in [3.8, 4) is 5.75 Å². The molecule has 168 valence electrons. The topological polar surface area (TPSA) is 68.5 Å². The van der Waals surface area contributed by atoms with Crippen LogP contribution in [0.5, 0.6) is 5.75 Å². The van der Waals surface area contributed by atoms with Crippen molar-refractivity contribution < 1.29 is 18.6 Å². The number of methoxy groups -OCH3 is 1. The molecule has 1 N–H and O–H groups in total. The number of hydrogen-bond donors (Lipinski definition) is 1. The molecular formula is C24H33N3O4. The van der Waals surface area contributed by atoms with Crippen molar-refractivity contribution in [2.45, 2.75) is 37.9 Å². The third-order valence-electron chi connectivity index (χ3n) is 5.83. The van der Waals surface area contributed by atoms with E-state index in [0.717, 1.165) is 69.4 Å². The zero-order valence-corrected chi connectivity index (χ0v) is 18.3. The number of morpholine rings is 1. The Labute approximate surface area is 184 Å². The lowest BCUT2D eigenvalue weighted by Crippen LogP contribution is -2.53. The van der Waals surface area contributed by atoms with Crippen LogP contribution in [0.3, 0.4) is 0 Å². The zero-order chi connectivity index (χ0) is 21.3. The maximum Gasteiger partial charge on any atom is 0.194 e. The van der Waals surface area contributed by atoms with Gasteiger partial charge in [-0.2, -0.15) is 0 Å². The molecule has 2 aliphatic rings. The number of nitrogens with one attached hydrogen (secondary N) is 1. The Hall–Kier alpha value is -2.51. The Bertz CT molecular complexity index is 801. The molecule has 7 nitrogen and oxygen atoms in total. The van der Waals surface area contributed by atoms with E-state index in [4.69, 9.17) is 23.6 Å². The molecule has 0 amide bonds. The molecule has 31 heavy (non-hydrogen) atoms. The summed E-state index contributed by atoms with van der Waals surface area (Å²) in [6, 6.07) is 12.1. The number of ether oxygens (including phenoxy) is 3. The fourth-order valence-corrected chi connectivity index (χ4v) is 4.09.